The summed E-state index contributed by atoms with van der Waals surface area (Å²) in [7, 11) is -1.16. The monoisotopic (exact) mass is 547 g/mol. The molecular weight excluding hydrogens is 516 g/mol. The van der Waals surface area contributed by atoms with Gasteiger partial charge in [0.25, 0.3) is 0 Å². The van der Waals surface area contributed by atoms with Crippen molar-refractivity contribution < 1.29 is 14.2 Å². The van der Waals surface area contributed by atoms with Gasteiger partial charge in [0, 0.05) is 20.7 Å². The van der Waals surface area contributed by atoms with Crippen LogP contribution in [-0.4, -0.2) is 57.8 Å². The fourth-order valence-electron chi connectivity index (χ4n) is 4.63. The van der Waals surface area contributed by atoms with Crippen LogP contribution in [0, 0.1) is 9.62 Å². The Bertz CT molecular complexity index is 921. The van der Waals surface area contributed by atoms with Crippen molar-refractivity contribution in [1.29, 1.82) is 0 Å². The van der Waals surface area contributed by atoms with E-state index in [1.807, 2.05) is 6.92 Å². The van der Waals surface area contributed by atoms with Gasteiger partial charge in [0.05, 0.1) is 12.6 Å². The molecule has 7 nitrogen and oxygen atoms in total. The number of hydrogen-bond donors (Lipinski definition) is 1. The minimum absolute atomic E-state index is 0.0549. The van der Waals surface area contributed by atoms with Gasteiger partial charge in [-0.25, -0.2) is 19.0 Å². The average molecular weight is 547 g/mol. The molecule has 2 aliphatic heterocycles. The van der Waals surface area contributed by atoms with E-state index in [4.69, 9.17) is 9.72 Å². The van der Waals surface area contributed by atoms with Crippen LogP contribution in [-0.2, 0) is 18.1 Å². The lowest BCUT2D eigenvalue weighted by Gasteiger charge is -2.41. The largest absolute Gasteiger partial charge is 0.390 e. The maximum Gasteiger partial charge on any atom is 0.182 e. The van der Waals surface area contributed by atoms with Crippen molar-refractivity contribution in [3.05, 3.63) is 9.39 Å². The van der Waals surface area contributed by atoms with Gasteiger partial charge in [-0.3, -0.25) is 0 Å². The van der Waals surface area contributed by atoms with E-state index in [0.29, 0.717) is 36.0 Å². The quantitative estimate of drug-likeness (QED) is 0.322. The fourth-order valence-corrected chi connectivity index (χ4v) is 6.01. The van der Waals surface area contributed by atoms with Crippen molar-refractivity contribution in [2.24, 2.45) is 5.92 Å². The normalized spacial score (nSPS) is 26.7. The maximum absolute atomic E-state index is 15.0. The molecule has 10 heteroatoms. The van der Waals surface area contributed by atoms with Crippen molar-refractivity contribution in [2.45, 2.75) is 83.5 Å². The number of aromatic nitrogens is 4. The van der Waals surface area contributed by atoms with E-state index in [2.05, 4.69) is 57.2 Å². The fraction of sp³-hybridized carbons (Fsp3) is 0.750. The third-order valence-corrected chi connectivity index (χ3v) is 8.71. The molecule has 0 saturated carbocycles. The van der Waals surface area contributed by atoms with Crippen LogP contribution in [0.5, 0.6) is 0 Å². The molecule has 0 aliphatic carbocycles. The predicted octanol–water partition coefficient (Wildman–Crippen LogP) is 3.95. The number of piperidine rings is 1. The number of nitrogens with zero attached hydrogens (tertiary/aromatic N) is 5. The van der Waals surface area contributed by atoms with Crippen LogP contribution in [0.1, 0.15) is 31.9 Å². The Labute approximate surface area is 191 Å². The highest BCUT2D eigenvalue weighted by Gasteiger charge is 2.47. The van der Waals surface area contributed by atoms with E-state index in [-0.39, 0.29) is 24.6 Å². The zero-order valence-electron chi connectivity index (χ0n) is 18.1. The van der Waals surface area contributed by atoms with Gasteiger partial charge in [0.2, 0.25) is 0 Å². The number of hydrogen-bond acceptors (Lipinski definition) is 6. The summed E-state index contributed by atoms with van der Waals surface area (Å²) in [6.45, 7) is 9.74. The van der Waals surface area contributed by atoms with Crippen molar-refractivity contribution in [3.63, 3.8) is 0 Å². The van der Waals surface area contributed by atoms with E-state index < -0.39 is 14.2 Å². The van der Waals surface area contributed by atoms with Gasteiger partial charge >= 0.3 is 0 Å². The lowest BCUT2D eigenvalue weighted by Crippen LogP contribution is -2.50. The average Bonchev–Trinajstić information content (AvgIpc) is 3.19. The molecule has 0 aromatic carbocycles. The van der Waals surface area contributed by atoms with Gasteiger partial charge in [-0.2, -0.15) is 5.10 Å². The number of alkyl halides is 1. The molecule has 2 bridgehead atoms. The topological polar surface area (TPSA) is 76.3 Å². The Kier molecular flexibility index (Phi) is 6.40. The van der Waals surface area contributed by atoms with Crippen LogP contribution < -0.4 is 4.90 Å². The Morgan fingerprint density at radius 3 is 2.73 bits per heavy atom. The summed E-state index contributed by atoms with van der Waals surface area (Å²) < 4.78 is 23.3. The summed E-state index contributed by atoms with van der Waals surface area (Å²) in [5.74, 6) is 0.658. The van der Waals surface area contributed by atoms with Crippen molar-refractivity contribution >= 4 is 47.6 Å². The van der Waals surface area contributed by atoms with Gasteiger partial charge in [0.15, 0.2) is 15.2 Å². The van der Waals surface area contributed by atoms with E-state index in [1.165, 1.54) is 0 Å². The Hall–Kier alpha value is -0.853. The molecule has 30 heavy (non-hydrogen) atoms. The summed E-state index contributed by atoms with van der Waals surface area (Å²) in [5.41, 5.74) is 1.79. The molecule has 2 aliphatic rings. The van der Waals surface area contributed by atoms with Crippen LogP contribution >= 0.6 is 22.6 Å². The van der Waals surface area contributed by atoms with Gasteiger partial charge in [-0.15, -0.1) is 0 Å². The smallest absolute Gasteiger partial charge is 0.182 e. The van der Waals surface area contributed by atoms with Gasteiger partial charge in [0.1, 0.15) is 24.1 Å². The molecular formula is C20H31FIN5O2Si. The van der Waals surface area contributed by atoms with Gasteiger partial charge in [-0.05, 0) is 53.8 Å². The summed E-state index contributed by atoms with van der Waals surface area (Å²) in [6, 6.07) is 1.14. The van der Waals surface area contributed by atoms with Gasteiger partial charge in [-0.1, -0.05) is 26.6 Å². The standard InChI is InChI=1S/C20H31FIN5O2Si/c1-12-9-13-5-6-15(16(12)21)27(13)19-14(10-28)23-17-18(22)25-26(20(17)24-19)11-29-7-8-30(2,3)4/h12-13,15-16,28H,5-11H2,1-4H3/t12-,13-,15+,16-/m0/s1. The second-order valence-corrected chi connectivity index (χ2v) is 16.5. The first-order valence-electron chi connectivity index (χ1n) is 10.7. The lowest BCUT2D eigenvalue weighted by molar-refractivity contribution is 0.0810. The van der Waals surface area contributed by atoms with E-state index in [9.17, 15) is 9.50 Å². The molecule has 0 spiro atoms. The summed E-state index contributed by atoms with van der Waals surface area (Å²) in [6.07, 6.45) is 1.69. The van der Waals surface area contributed by atoms with Gasteiger partial charge < -0.3 is 14.7 Å². The first-order chi connectivity index (χ1) is 14.2. The van der Waals surface area contributed by atoms with Crippen LogP contribution in [0.25, 0.3) is 11.2 Å². The van der Waals surface area contributed by atoms with Crippen LogP contribution in [0.3, 0.4) is 0 Å². The zero-order valence-corrected chi connectivity index (χ0v) is 21.3. The molecule has 166 valence electrons. The third kappa shape index (κ3) is 4.24. The highest BCUT2D eigenvalue weighted by atomic mass is 127. The summed E-state index contributed by atoms with van der Waals surface area (Å²) >= 11 is 2.14. The molecule has 0 unspecified atom stereocenters. The Morgan fingerprint density at radius 1 is 1.27 bits per heavy atom. The number of halogens is 2. The van der Waals surface area contributed by atoms with E-state index in [0.717, 1.165) is 29.0 Å². The molecule has 4 heterocycles. The second kappa shape index (κ2) is 8.59. The minimum Gasteiger partial charge on any atom is -0.390 e. The van der Waals surface area contributed by atoms with E-state index in [1.54, 1.807) is 4.68 Å². The molecule has 2 fully saturated rings. The number of anilines is 1. The Morgan fingerprint density at radius 2 is 2.03 bits per heavy atom. The molecule has 4 atom stereocenters. The van der Waals surface area contributed by atoms with Crippen molar-refractivity contribution in [3.8, 4) is 0 Å². The first kappa shape index (κ1) is 22.3. The molecule has 1 N–H and O–H groups in total. The molecule has 0 radical (unpaired) electrons. The number of aliphatic hydroxyl groups excluding tert-OH is 1. The number of rotatable bonds is 7. The molecule has 2 aromatic heterocycles. The summed E-state index contributed by atoms with van der Waals surface area (Å²) in [4.78, 5) is 11.6. The molecule has 2 saturated heterocycles. The van der Waals surface area contributed by atoms with E-state index >= 15 is 0 Å². The predicted molar refractivity (Wildman–Crippen MR) is 126 cm³/mol. The zero-order chi connectivity index (χ0) is 21.6. The number of fused-ring (bicyclic) bond motifs is 3. The van der Waals surface area contributed by atoms with Crippen LogP contribution in [0.15, 0.2) is 0 Å². The molecule has 0 amide bonds. The highest BCUT2D eigenvalue weighted by Crippen LogP contribution is 2.43. The third-order valence-electron chi connectivity index (χ3n) is 6.28. The number of aliphatic hydroxyl groups is 1. The molecule has 4 rings (SSSR count). The second-order valence-electron chi connectivity index (χ2n) is 9.83. The van der Waals surface area contributed by atoms with Crippen molar-refractivity contribution in [1.82, 2.24) is 19.7 Å². The SMILES string of the molecule is C[C@H]1C[C@@H]2CC[C@H]([C@H]1F)N2c1nc2c(nc1CO)c(I)nn2COCC[Si](C)(C)C. The summed E-state index contributed by atoms with van der Waals surface area (Å²) in [5, 5.41) is 14.5. The van der Waals surface area contributed by atoms with Crippen LogP contribution in [0.2, 0.25) is 25.7 Å². The maximum atomic E-state index is 15.0. The lowest BCUT2D eigenvalue weighted by atomic mass is 9.90. The van der Waals surface area contributed by atoms with Crippen molar-refractivity contribution in [2.75, 3.05) is 11.5 Å². The molecule has 2 aromatic rings. The highest BCUT2D eigenvalue weighted by molar-refractivity contribution is 14.1. The minimum atomic E-state index is -1.16. The first-order valence-corrected chi connectivity index (χ1v) is 15.5. The van der Waals surface area contributed by atoms with Crippen LogP contribution in [0.4, 0.5) is 10.2 Å². The number of ether oxygens (including phenoxy) is 1. The Balaban J connectivity index is 1.66.